The zero-order valence-corrected chi connectivity index (χ0v) is 17.9. The molecule has 2 N–H and O–H groups in total. The first-order chi connectivity index (χ1) is 14.9. The van der Waals surface area contributed by atoms with Crippen molar-refractivity contribution in [3.63, 3.8) is 0 Å². The van der Waals surface area contributed by atoms with Crippen molar-refractivity contribution < 1.29 is 17.9 Å². The Labute approximate surface area is 180 Å². The fourth-order valence-electron chi connectivity index (χ4n) is 4.18. The number of nitrogens with one attached hydrogen (secondary N) is 1. The van der Waals surface area contributed by atoms with Gasteiger partial charge in [-0.15, -0.1) is 0 Å². The molecule has 7 nitrogen and oxygen atoms in total. The number of sulfonamides is 1. The molecule has 0 spiro atoms. The number of nitrogens with zero attached hydrogens (tertiary/aromatic N) is 3. The molecule has 1 aromatic heterocycles. The van der Waals surface area contributed by atoms with Crippen LogP contribution in [0.25, 0.3) is 10.9 Å². The van der Waals surface area contributed by atoms with Gasteiger partial charge in [0.15, 0.2) is 5.82 Å². The molecule has 1 saturated heterocycles. The van der Waals surface area contributed by atoms with E-state index in [0.29, 0.717) is 48.9 Å². The Balaban J connectivity index is 1.55. The Kier molecular flexibility index (Phi) is 5.19. The van der Waals surface area contributed by atoms with Gasteiger partial charge in [0.1, 0.15) is 5.82 Å². The molecule has 2 fully saturated rings. The summed E-state index contributed by atoms with van der Waals surface area (Å²) in [7, 11) is -3.67. The molecule has 3 aromatic rings. The Morgan fingerprint density at radius 3 is 2.39 bits per heavy atom. The number of halogens is 1. The Morgan fingerprint density at radius 2 is 1.74 bits per heavy atom. The highest BCUT2D eigenvalue weighted by Gasteiger charge is 2.30. The predicted molar refractivity (Wildman–Crippen MR) is 116 cm³/mol. The number of aliphatic hydroxyl groups is 1. The molecule has 2 heterocycles. The maximum absolute atomic E-state index is 13.3. The molecule has 2 aliphatic rings. The summed E-state index contributed by atoms with van der Waals surface area (Å²) in [6.45, 7) is 0.618. The van der Waals surface area contributed by atoms with Crippen LogP contribution in [0.3, 0.4) is 0 Å². The van der Waals surface area contributed by atoms with Crippen LogP contribution in [0.2, 0.25) is 0 Å². The van der Waals surface area contributed by atoms with Crippen LogP contribution in [0.5, 0.6) is 0 Å². The van der Waals surface area contributed by atoms with Gasteiger partial charge in [0.25, 0.3) is 0 Å². The van der Waals surface area contributed by atoms with E-state index < -0.39 is 16.1 Å². The van der Waals surface area contributed by atoms with E-state index in [1.807, 2.05) is 10.7 Å². The second-order valence-electron chi connectivity index (χ2n) is 8.32. The molecule has 0 amide bonds. The van der Waals surface area contributed by atoms with Gasteiger partial charge in [-0.05, 0) is 74.6 Å². The molecule has 164 valence electrons. The van der Waals surface area contributed by atoms with E-state index in [9.17, 15) is 17.9 Å². The number of aromatic nitrogens is 2. The highest BCUT2D eigenvalue weighted by molar-refractivity contribution is 7.89. The second-order valence-corrected chi connectivity index (χ2v) is 10.3. The maximum Gasteiger partial charge on any atom is 0.243 e. The molecule has 2 aromatic carbocycles. The van der Waals surface area contributed by atoms with E-state index in [4.69, 9.17) is 5.10 Å². The van der Waals surface area contributed by atoms with Crippen molar-refractivity contribution in [2.75, 3.05) is 18.4 Å². The second kappa shape index (κ2) is 7.89. The number of hydrogen-bond acceptors (Lipinski definition) is 5. The molecule has 9 heteroatoms. The maximum atomic E-state index is 13.3. The highest BCUT2D eigenvalue weighted by Crippen LogP contribution is 2.37. The molecular weight excluding hydrogens is 419 g/mol. The first-order valence-electron chi connectivity index (χ1n) is 10.6. The summed E-state index contributed by atoms with van der Waals surface area (Å²) in [4.78, 5) is 0.215. The predicted octanol–water partition coefficient (Wildman–Crippen LogP) is 3.79. The van der Waals surface area contributed by atoms with Gasteiger partial charge in [-0.1, -0.05) is 0 Å². The average molecular weight is 445 g/mol. The summed E-state index contributed by atoms with van der Waals surface area (Å²) in [6, 6.07) is 11.4. The lowest BCUT2D eigenvalue weighted by atomic mass is 9.93. The number of benzene rings is 2. The van der Waals surface area contributed by atoms with Crippen molar-refractivity contribution in [3.8, 4) is 0 Å². The first kappa shape index (κ1) is 20.4. The van der Waals surface area contributed by atoms with Crippen LogP contribution in [-0.2, 0) is 10.0 Å². The standard InChI is InChI=1S/C22H25FN4O3S/c23-15-4-6-16(7-5-15)24-22-20-14-19(31(29,30)26-12-10-18(28)11-13-26)8-9-21(20)27(25-22)17-2-1-3-17/h4-9,14,17-18,28H,1-3,10-13H2,(H,24,25). The lowest BCUT2D eigenvalue weighted by molar-refractivity contribution is 0.113. The Hall–Kier alpha value is -2.49. The van der Waals surface area contributed by atoms with Gasteiger partial charge in [0.2, 0.25) is 10.0 Å². The van der Waals surface area contributed by atoms with Crippen LogP contribution in [0.1, 0.15) is 38.1 Å². The lowest BCUT2D eigenvalue weighted by Crippen LogP contribution is -2.39. The van der Waals surface area contributed by atoms with E-state index in [-0.39, 0.29) is 10.7 Å². The topological polar surface area (TPSA) is 87.5 Å². The first-order valence-corrected chi connectivity index (χ1v) is 12.1. The summed E-state index contributed by atoms with van der Waals surface area (Å²) in [6.07, 6.45) is 3.68. The largest absolute Gasteiger partial charge is 0.393 e. The van der Waals surface area contributed by atoms with Crippen molar-refractivity contribution in [3.05, 3.63) is 48.3 Å². The van der Waals surface area contributed by atoms with Gasteiger partial charge in [-0.2, -0.15) is 9.40 Å². The van der Waals surface area contributed by atoms with Gasteiger partial charge in [-0.25, -0.2) is 12.8 Å². The third-order valence-electron chi connectivity index (χ3n) is 6.27. The number of fused-ring (bicyclic) bond motifs is 1. The number of anilines is 2. The molecule has 5 rings (SSSR count). The number of hydrogen-bond donors (Lipinski definition) is 2. The number of piperidine rings is 1. The smallest absolute Gasteiger partial charge is 0.243 e. The average Bonchev–Trinajstić information content (AvgIpc) is 3.06. The molecule has 31 heavy (non-hydrogen) atoms. The van der Waals surface area contributed by atoms with Gasteiger partial charge >= 0.3 is 0 Å². The summed E-state index contributed by atoms with van der Waals surface area (Å²) < 4.78 is 43.1. The molecular formula is C22H25FN4O3S. The minimum absolute atomic E-state index is 0.215. The van der Waals surface area contributed by atoms with Gasteiger partial charge < -0.3 is 10.4 Å². The summed E-state index contributed by atoms with van der Waals surface area (Å²) in [5, 5.41) is 18.4. The fourth-order valence-corrected chi connectivity index (χ4v) is 5.68. The molecule has 1 aliphatic carbocycles. The monoisotopic (exact) mass is 444 g/mol. The van der Waals surface area contributed by atoms with Crippen molar-refractivity contribution in [2.45, 2.75) is 49.1 Å². The SMILES string of the molecule is O=S(=O)(c1ccc2c(c1)c(Nc1ccc(F)cc1)nn2C1CCC1)N1CCC(O)CC1. The highest BCUT2D eigenvalue weighted by atomic mass is 32.2. The zero-order chi connectivity index (χ0) is 21.6. The van der Waals surface area contributed by atoms with Crippen LogP contribution < -0.4 is 5.32 Å². The Morgan fingerprint density at radius 1 is 1.03 bits per heavy atom. The van der Waals surface area contributed by atoms with Crippen molar-refractivity contribution in [2.24, 2.45) is 0 Å². The normalized spacial score (nSPS) is 18.9. The van der Waals surface area contributed by atoms with E-state index in [2.05, 4.69) is 5.32 Å². The van der Waals surface area contributed by atoms with E-state index >= 15 is 0 Å². The quantitative estimate of drug-likeness (QED) is 0.625. The van der Waals surface area contributed by atoms with Crippen LogP contribution in [0, 0.1) is 5.82 Å². The third kappa shape index (κ3) is 3.81. The van der Waals surface area contributed by atoms with Crippen LogP contribution in [-0.4, -0.2) is 46.8 Å². The molecule has 0 radical (unpaired) electrons. The zero-order valence-electron chi connectivity index (χ0n) is 17.0. The van der Waals surface area contributed by atoms with Gasteiger partial charge in [0.05, 0.1) is 22.6 Å². The van der Waals surface area contributed by atoms with E-state index in [1.54, 1.807) is 24.3 Å². The number of rotatable bonds is 5. The minimum Gasteiger partial charge on any atom is -0.393 e. The van der Waals surface area contributed by atoms with Crippen molar-refractivity contribution in [1.82, 2.24) is 14.1 Å². The van der Waals surface area contributed by atoms with Gasteiger partial charge in [0, 0.05) is 24.2 Å². The van der Waals surface area contributed by atoms with Crippen LogP contribution >= 0.6 is 0 Å². The fraction of sp³-hybridized carbons (Fsp3) is 0.409. The Bertz CT molecular complexity index is 1200. The lowest BCUT2D eigenvalue weighted by Gasteiger charge is -2.29. The summed E-state index contributed by atoms with van der Waals surface area (Å²) in [5.41, 5.74) is 1.56. The van der Waals surface area contributed by atoms with E-state index in [1.165, 1.54) is 16.4 Å². The van der Waals surface area contributed by atoms with Crippen LogP contribution in [0.15, 0.2) is 47.4 Å². The van der Waals surface area contributed by atoms with Crippen molar-refractivity contribution >= 4 is 32.4 Å². The molecule has 0 unspecified atom stereocenters. The van der Waals surface area contributed by atoms with Crippen LogP contribution in [0.4, 0.5) is 15.9 Å². The summed E-state index contributed by atoms with van der Waals surface area (Å²) >= 11 is 0. The van der Waals surface area contributed by atoms with Gasteiger partial charge in [-0.3, -0.25) is 4.68 Å². The summed E-state index contributed by atoms with van der Waals surface area (Å²) in [5.74, 6) is 0.232. The number of aliphatic hydroxyl groups excluding tert-OH is 1. The van der Waals surface area contributed by atoms with E-state index in [0.717, 1.165) is 24.8 Å². The molecule has 0 atom stereocenters. The molecule has 0 bridgehead atoms. The van der Waals surface area contributed by atoms with Crippen molar-refractivity contribution in [1.29, 1.82) is 0 Å². The molecule has 1 aliphatic heterocycles. The third-order valence-corrected chi connectivity index (χ3v) is 8.16. The minimum atomic E-state index is -3.67. The molecule has 1 saturated carbocycles.